The number of amides is 6. The van der Waals surface area contributed by atoms with E-state index in [1.165, 1.54) is 24.3 Å². The summed E-state index contributed by atoms with van der Waals surface area (Å²) in [6.45, 7) is 7.22. The number of nitrogens with one attached hydrogen (secondary N) is 6. The van der Waals surface area contributed by atoms with Crippen LogP contribution < -0.4 is 31.9 Å². The van der Waals surface area contributed by atoms with Gasteiger partial charge in [0, 0.05) is 48.7 Å². The number of aliphatic carboxylic acids is 1. The number of alkyl halides is 6. The Morgan fingerprint density at radius 1 is 0.396 bits per heavy atom. The van der Waals surface area contributed by atoms with E-state index in [0.717, 1.165) is 24.3 Å². The van der Waals surface area contributed by atoms with Crippen molar-refractivity contribution in [1.29, 1.82) is 0 Å². The maximum absolute atomic E-state index is 13.3. The van der Waals surface area contributed by atoms with Gasteiger partial charge in [-0.15, -0.1) is 0 Å². The van der Waals surface area contributed by atoms with Gasteiger partial charge in [0.1, 0.15) is 6.61 Å². The summed E-state index contributed by atoms with van der Waals surface area (Å²) < 4.78 is 82.9. The first-order valence-electron chi connectivity index (χ1n) is 29.9. The van der Waals surface area contributed by atoms with Gasteiger partial charge in [-0.3, -0.25) is 38.4 Å². The predicted molar refractivity (Wildman–Crippen MR) is 353 cm³/mol. The van der Waals surface area contributed by atoms with E-state index in [0.29, 0.717) is 74.5 Å². The number of aliphatic hydroxyl groups is 1. The van der Waals surface area contributed by atoms with Crippen molar-refractivity contribution in [3.05, 3.63) is 251 Å². The Kier molecular flexibility index (Phi) is 27.9. The lowest BCUT2D eigenvalue weighted by atomic mass is 9.79. The lowest BCUT2D eigenvalue weighted by molar-refractivity contribution is -0.151. The average molecular weight is 1330 g/mol. The highest BCUT2D eigenvalue weighted by Crippen LogP contribution is 2.35. The van der Waals surface area contributed by atoms with Crippen LogP contribution in [-0.2, 0) is 69.5 Å². The number of carbonyl (C=O) groups excluding carboxylic acids is 7. The highest BCUT2D eigenvalue weighted by Gasteiger charge is 2.49. The van der Waals surface area contributed by atoms with Crippen molar-refractivity contribution in [2.45, 2.75) is 71.1 Å². The Hall–Kier alpha value is -10.9. The van der Waals surface area contributed by atoms with Crippen LogP contribution in [0.3, 0.4) is 0 Å². The van der Waals surface area contributed by atoms with Gasteiger partial charge in [0.25, 0.3) is 11.8 Å². The molecule has 0 saturated carbocycles. The number of hydrogen-bond acceptors (Lipinski definition) is 10. The Morgan fingerprint density at radius 2 is 0.719 bits per heavy atom. The summed E-state index contributed by atoms with van der Waals surface area (Å²) in [5, 5.41) is 34.6. The first-order valence-corrected chi connectivity index (χ1v) is 29.9. The molecule has 23 heteroatoms. The standard InChI is InChI=1S/C36H34F3N3O5.C22H16F3NO3.C14H20N2O3.CH4/c1-3-40-33(45)35(34(46)41-4-2,26-10-6-5-7-11-26)23-47-31(43)22-24-14-20-28(21-15-24)42-32(44)30-13-9-8-12-29(30)25-16-18-27(19-17-25)36(37,38)39;23-22(24,25)16-9-7-15(8-10-16)18-3-1-2-4-19(18)21(29)26-17-11-5-14(6-12-17)13-20(27)28;1-3-15-12(18)14(10-17,13(19)16-4-2)11-8-6-5-7-9-11;/h5-21H,3-4,22-23H2,1-2H3,(H,40,45)(H,41,46)(H,42,44);1-12H,13H2,(H,26,29)(H,27,28);5-9,17H,3-4,10H2,1-2H3,(H,15,18)(H,16,19);1H4. The third-order valence-corrected chi connectivity index (χ3v) is 14.6. The molecule has 0 fully saturated rings. The van der Waals surface area contributed by atoms with Crippen LogP contribution in [0.25, 0.3) is 22.3 Å². The minimum atomic E-state index is -4.47. The molecule has 17 nitrogen and oxygen atoms in total. The molecule has 8 aromatic rings. The molecule has 0 aliphatic carbocycles. The molecule has 0 bridgehead atoms. The van der Waals surface area contributed by atoms with E-state index in [4.69, 9.17) is 9.84 Å². The van der Waals surface area contributed by atoms with Crippen molar-refractivity contribution in [1.82, 2.24) is 21.3 Å². The monoisotopic (exact) mass is 1320 g/mol. The number of carbonyl (C=O) groups is 8. The molecule has 0 spiro atoms. The van der Waals surface area contributed by atoms with Crippen LogP contribution >= 0.6 is 0 Å². The van der Waals surface area contributed by atoms with Crippen molar-refractivity contribution < 1.29 is 79.6 Å². The zero-order valence-electron chi connectivity index (χ0n) is 52.1. The fourth-order valence-corrected chi connectivity index (χ4v) is 9.80. The number of anilines is 2. The Balaban J connectivity index is 0.000000288. The van der Waals surface area contributed by atoms with E-state index in [1.54, 1.807) is 185 Å². The normalized spacial score (nSPS) is 11.1. The summed E-state index contributed by atoms with van der Waals surface area (Å²) in [6, 6.07) is 52.2. The number of hydrogen-bond donors (Lipinski definition) is 8. The summed E-state index contributed by atoms with van der Waals surface area (Å²) >= 11 is 0. The molecular formula is C73H74F6N6O11. The maximum atomic E-state index is 13.3. The average Bonchev–Trinajstić information content (AvgIpc) is 0.787. The smallest absolute Gasteiger partial charge is 0.416 e. The van der Waals surface area contributed by atoms with Gasteiger partial charge in [-0.25, -0.2) is 0 Å². The quantitative estimate of drug-likeness (QED) is 0.0170. The zero-order valence-corrected chi connectivity index (χ0v) is 52.1. The third kappa shape index (κ3) is 19.8. The summed E-state index contributed by atoms with van der Waals surface area (Å²) in [4.78, 5) is 101. The first-order chi connectivity index (χ1) is 45.4. The van der Waals surface area contributed by atoms with E-state index in [2.05, 4.69) is 31.9 Å². The molecular weight excluding hydrogens is 1250 g/mol. The number of carboxylic acids is 1. The molecule has 96 heavy (non-hydrogen) atoms. The van der Waals surface area contributed by atoms with Gasteiger partial charge in [-0.2, -0.15) is 26.3 Å². The molecule has 8 rings (SSSR count). The van der Waals surface area contributed by atoms with Crippen molar-refractivity contribution in [3.8, 4) is 22.3 Å². The summed E-state index contributed by atoms with van der Waals surface area (Å²) in [7, 11) is 0. The van der Waals surface area contributed by atoms with Gasteiger partial charge < -0.3 is 46.9 Å². The molecule has 0 unspecified atom stereocenters. The van der Waals surface area contributed by atoms with E-state index in [1.807, 2.05) is 0 Å². The molecule has 0 radical (unpaired) electrons. The van der Waals surface area contributed by atoms with Gasteiger partial charge in [0.2, 0.25) is 23.6 Å². The number of rotatable bonds is 23. The molecule has 6 amide bonds. The number of benzene rings is 8. The molecule has 0 aromatic heterocycles. The molecule has 0 atom stereocenters. The lowest BCUT2D eigenvalue weighted by Gasteiger charge is -2.31. The van der Waals surface area contributed by atoms with Crippen LogP contribution in [0.2, 0.25) is 0 Å². The minimum Gasteiger partial charge on any atom is -0.481 e. The Bertz CT molecular complexity index is 3870. The molecule has 8 N–H and O–H groups in total. The molecule has 504 valence electrons. The number of carboxylic acid groups (broad SMARTS) is 1. The largest absolute Gasteiger partial charge is 0.481 e. The minimum absolute atomic E-state index is 0. The van der Waals surface area contributed by atoms with Crippen LogP contribution in [0.4, 0.5) is 37.7 Å². The van der Waals surface area contributed by atoms with E-state index in [-0.39, 0.29) is 38.9 Å². The maximum Gasteiger partial charge on any atom is 0.416 e. The second-order valence-corrected chi connectivity index (χ2v) is 21.1. The predicted octanol–water partition coefficient (Wildman–Crippen LogP) is 12.0. The van der Waals surface area contributed by atoms with E-state index >= 15 is 0 Å². The first kappa shape index (κ1) is 75.8. The number of esters is 1. The number of halogens is 6. The second kappa shape index (κ2) is 35.4. The molecule has 0 aliphatic heterocycles. The third-order valence-electron chi connectivity index (χ3n) is 14.6. The van der Waals surface area contributed by atoms with Crippen LogP contribution in [-0.4, -0.2) is 97.0 Å². The molecule has 0 aliphatic rings. The second-order valence-electron chi connectivity index (χ2n) is 21.1. The highest BCUT2D eigenvalue weighted by molar-refractivity contribution is 6.13. The summed E-state index contributed by atoms with van der Waals surface area (Å²) in [5.41, 5.74) is 0.454. The summed E-state index contributed by atoms with van der Waals surface area (Å²) in [5.74, 6) is -4.68. The van der Waals surface area contributed by atoms with Crippen LogP contribution in [0.1, 0.15) is 89.2 Å². The van der Waals surface area contributed by atoms with Crippen molar-refractivity contribution in [3.63, 3.8) is 0 Å². The van der Waals surface area contributed by atoms with Gasteiger partial charge in [0.05, 0.1) is 30.6 Å². The zero-order chi connectivity index (χ0) is 69.3. The van der Waals surface area contributed by atoms with Gasteiger partial charge in [0.15, 0.2) is 10.8 Å². The van der Waals surface area contributed by atoms with Crippen molar-refractivity contribution in [2.24, 2.45) is 0 Å². The number of aliphatic hydroxyl groups excluding tert-OH is 1. The van der Waals surface area contributed by atoms with E-state index in [9.17, 15) is 69.8 Å². The highest BCUT2D eigenvalue weighted by atomic mass is 19.4. The number of likely N-dealkylation sites (N-methyl/N-ethyl adjacent to an activating group) is 4. The van der Waals surface area contributed by atoms with Gasteiger partial charge in [-0.05, 0) is 133 Å². The van der Waals surface area contributed by atoms with Crippen molar-refractivity contribution in [2.75, 3.05) is 50.0 Å². The number of ether oxygens (including phenoxy) is 1. The Morgan fingerprint density at radius 3 is 1.05 bits per heavy atom. The van der Waals surface area contributed by atoms with Crippen LogP contribution in [0.5, 0.6) is 0 Å². The molecule has 0 heterocycles. The SMILES string of the molecule is C.CCNC(=O)C(CO)(C(=O)NCC)c1ccccc1.CCNC(=O)C(COC(=O)Cc1ccc(NC(=O)c2ccccc2-c2ccc(C(F)(F)F)cc2)cc1)(C(=O)NCC)c1ccccc1.O=C(O)Cc1ccc(NC(=O)c2ccccc2-c2ccc(C(F)(F)F)cc2)cc1. The van der Waals surface area contributed by atoms with Gasteiger partial charge >= 0.3 is 24.3 Å². The van der Waals surface area contributed by atoms with Crippen LogP contribution in [0.15, 0.2) is 206 Å². The lowest BCUT2D eigenvalue weighted by Crippen LogP contribution is -2.57. The van der Waals surface area contributed by atoms with E-state index < -0.39 is 94.9 Å². The van der Waals surface area contributed by atoms with Crippen LogP contribution in [0, 0.1) is 0 Å². The molecule has 0 saturated heterocycles. The fourth-order valence-electron chi connectivity index (χ4n) is 9.80. The summed E-state index contributed by atoms with van der Waals surface area (Å²) in [6.07, 6.45) is -9.19. The molecule has 8 aromatic carbocycles. The Labute approximate surface area is 551 Å². The van der Waals surface area contributed by atoms with Crippen molar-refractivity contribution >= 4 is 58.8 Å². The van der Waals surface area contributed by atoms with Gasteiger partial charge in [-0.1, -0.05) is 153 Å². The fraction of sp³-hybridized carbons (Fsp3) is 0.233. The topological polar surface area (TPSA) is 258 Å².